The summed E-state index contributed by atoms with van der Waals surface area (Å²) in [4.78, 5) is 4.63. The maximum Gasteiger partial charge on any atom is 0.224 e. The lowest BCUT2D eigenvalue weighted by molar-refractivity contribution is 0.451. The Kier molecular flexibility index (Phi) is 3.44. The van der Waals surface area contributed by atoms with Crippen LogP contribution in [0.1, 0.15) is 43.1 Å². The first-order valence-corrected chi connectivity index (χ1v) is 7.11. The lowest BCUT2D eigenvalue weighted by atomic mass is 10.1. The fourth-order valence-electron chi connectivity index (χ4n) is 2.50. The fraction of sp³-hybridized carbons (Fsp3) is 0.467. The lowest BCUT2D eigenvalue weighted by Gasteiger charge is -2.10. The van der Waals surface area contributed by atoms with Gasteiger partial charge in [-0.05, 0) is 44.7 Å². The maximum absolute atomic E-state index is 5.88. The number of hydrogen-bond acceptors (Lipinski definition) is 4. The summed E-state index contributed by atoms with van der Waals surface area (Å²) in [6.07, 6.45) is 6.90. The summed E-state index contributed by atoms with van der Waals surface area (Å²) in [7, 11) is 0. The molecule has 0 saturated heterocycles. The molecule has 0 amide bonds. The van der Waals surface area contributed by atoms with Crippen LogP contribution >= 0.6 is 0 Å². The van der Waals surface area contributed by atoms with E-state index in [0.29, 0.717) is 24.2 Å². The smallest absolute Gasteiger partial charge is 0.224 e. The van der Waals surface area contributed by atoms with E-state index in [4.69, 9.17) is 10.5 Å². The Bertz CT molecular complexity index is 618. The third-order valence-electron chi connectivity index (χ3n) is 3.63. The highest BCUT2D eigenvalue weighted by atomic mass is 16.5. The number of fused-ring (bicyclic) bond motifs is 1. The number of rotatable bonds is 4. The van der Waals surface area contributed by atoms with E-state index in [2.05, 4.69) is 30.0 Å². The van der Waals surface area contributed by atoms with E-state index < -0.39 is 0 Å². The lowest BCUT2D eigenvalue weighted by Crippen LogP contribution is -2.04. The molecule has 2 aromatic rings. The zero-order valence-corrected chi connectivity index (χ0v) is 12.0. The van der Waals surface area contributed by atoms with Crippen LogP contribution < -0.4 is 10.5 Å². The Labute approximate surface area is 118 Å². The molecule has 0 spiro atoms. The van der Waals surface area contributed by atoms with Gasteiger partial charge in [-0.2, -0.15) is 5.10 Å². The van der Waals surface area contributed by atoms with Crippen molar-refractivity contribution in [2.75, 3.05) is 0 Å². The van der Waals surface area contributed by atoms with Crippen molar-refractivity contribution in [3.8, 4) is 11.6 Å². The van der Waals surface area contributed by atoms with Gasteiger partial charge in [-0.15, -0.1) is 0 Å². The van der Waals surface area contributed by atoms with Crippen LogP contribution in [-0.2, 0) is 19.4 Å². The van der Waals surface area contributed by atoms with Gasteiger partial charge in [-0.3, -0.25) is 4.68 Å². The molecule has 0 fully saturated rings. The Morgan fingerprint density at radius 3 is 2.95 bits per heavy atom. The van der Waals surface area contributed by atoms with Crippen LogP contribution in [-0.4, -0.2) is 14.8 Å². The summed E-state index contributed by atoms with van der Waals surface area (Å²) >= 11 is 0. The fourth-order valence-corrected chi connectivity index (χ4v) is 2.50. The second-order valence-corrected chi connectivity index (χ2v) is 5.47. The summed E-state index contributed by atoms with van der Waals surface area (Å²) < 4.78 is 7.75. The van der Waals surface area contributed by atoms with Crippen molar-refractivity contribution in [2.45, 2.75) is 45.7 Å². The van der Waals surface area contributed by atoms with Gasteiger partial charge in [0.2, 0.25) is 5.88 Å². The minimum atomic E-state index is 0.314. The van der Waals surface area contributed by atoms with Gasteiger partial charge in [0.25, 0.3) is 0 Å². The molecule has 0 aliphatic heterocycles. The quantitative estimate of drug-likeness (QED) is 0.929. The molecule has 0 radical (unpaired) electrons. The molecule has 5 heteroatoms. The van der Waals surface area contributed by atoms with E-state index in [-0.39, 0.29) is 0 Å². The zero-order valence-electron chi connectivity index (χ0n) is 12.0. The molecule has 2 N–H and O–H groups in total. The zero-order chi connectivity index (χ0) is 14.1. The first-order valence-electron chi connectivity index (χ1n) is 7.11. The van der Waals surface area contributed by atoms with Gasteiger partial charge in [-0.1, -0.05) is 0 Å². The highest BCUT2D eigenvalue weighted by Gasteiger charge is 2.17. The Morgan fingerprint density at radius 1 is 1.40 bits per heavy atom. The second kappa shape index (κ2) is 5.25. The van der Waals surface area contributed by atoms with Crippen LogP contribution in [0.25, 0.3) is 0 Å². The first kappa shape index (κ1) is 13.1. The van der Waals surface area contributed by atoms with E-state index in [1.165, 1.54) is 12.0 Å². The van der Waals surface area contributed by atoms with E-state index >= 15 is 0 Å². The number of hydrogen-bond donors (Lipinski definition) is 1. The van der Waals surface area contributed by atoms with Crippen LogP contribution in [0, 0.1) is 0 Å². The third-order valence-corrected chi connectivity index (χ3v) is 3.63. The number of aromatic nitrogens is 3. The molecule has 20 heavy (non-hydrogen) atoms. The van der Waals surface area contributed by atoms with Crippen LogP contribution in [0.3, 0.4) is 0 Å². The standard InChI is InChI=1S/C15H20N4O/c1-10(2)19-9-13(8-17-19)20-15-12(7-16)6-11-4-3-5-14(11)18-15/h6,8-10H,3-5,7,16H2,1-2H3. The summed E-state index contributed by atoms with van der Waals surface area (Å²) in [5.41, 5.74) is 9.23. The van der Waals surface area contributed by atoms with Crippen molar-refractivity contribution < 1.29 is 4.74 Å². The predicted octanol–water partition coefficient (Wildman–Crippen LogP) is 2.60. The van der Waals surface area contributed by atoms with Gasteiger partial charge in [0.15, 0.2) is 5.75 Å². The van der Waals surface area contributed by atoms with Crippen molar-refractivity contribution >= 4 is 0 Å². The average molecular weight is 272 g/mol. The molecule has 106 valence electrons. The van der Waals surface area contributed by atoms with Gasteiger partial charge in [0.1, 0.15) is 0 Å². The van der Waals surface area contributed by atoms with Gasteiger partial charge in [-0.25, -0.2) is 4.98 Å². The Morgan fingerprint density at radius 2 is 2.25 bits per heavy atom. The molecule has 1 aliphatic rings. The minimum absolute atomic E-state index is 0.314. The molecule has 5 nitrogen and oxygen atoms in total. The van der Waals surface area contributed by atoms with Crippen LogP contribution in [0.5, 0.6) is 11.6 Å². The van der Waals surface area contributed by atoms with Crippen LogP contribution in [0.15, 0.2) is 18.5 Å². The van der Waals surface area contributed by atoms with E-state index in [0.717, 1.165) is 24.1 Å². The largest absolute Gasteiger partial charge is 0.435 e. The SMILES string of the molecule is CC(C)n1cc(Oc2nc3c(cc2CN)CCC3)cn1. The third kappa shape index (κ3) is 2.41. The Hall–Kier alpha value is -1.88. The molecule has 0 unspecified atom stereocenters. The molecule has 0 saturated carbocycles. The molecular formula is C15H20N4O. The number of pyridine rings is 1. The van der Waals surface area contributed by atoms with Crippen molar-refractivity contribution in [1.82, 2.24) is 14.8 Å². The number of aryl methyl sites for hydroxylation is 2. The highest BCUT2D eigenvalue weighted by Crippen LogP contribution is 2.29. The molecule has 2 aromatic heterocycles. The van der Waals surface area contributed by atoms with E-state index in [1.807, 2.05) is 10.9 Å². The second-order valence-electron chi connectivity index (χ2n) is 5.47. The van der Waals surface area contributed by atoms with E-state index in [9.17, 15) is 0 Å². The predicted molar refractivity (Wildman–Crippen MR) is 76.8 cm³/mol. The molecule has 0 aromatic carbocycles. The highest BCUT2D eigenvalue weighted by molar-refractivity contribution is 5.38. The van der Waals surface area contributed by atoms with Gasteiger partial charge < -0.3 is 10.5 Å². The Balaban J connectivity index is 1.89. The monoisotopic (exact) mass is 272 g/mol. The van der Waals surface area contributed by atoms with Crippen molar-refractivity contribution in [2.24, 2.45) is 5.73 Å². The van der Waals surface area contributed by atoms with Gasteiger partial charge >= 0.3 is 0 Å². The van der Waals surface area contributed by atoms with Crippen molar-refractivity contribution in [3.63, 3.8) is 0 Å². The average Bonchev–Trinajstić information content (AvgIpc) is 3.06. The van der Waals surface area contributed by atoms with Crippen LogP contribution in [0.2, 0.25) is 0 Å². The first-order chi connectivity index (χ1) is 9.67. The molecule has 2 heterocycles. The topological polar surface area (TPSA) is 66.0 Å². The number of nitrogens with two attached hydrogens (primary N) is 1. The van der Waals surface area contributed by atoms with Crippen molar-refractivity contribution in [1.29, 1.82) is 0 Å². The normalized spacial score (nSPS) is 13.8. The number of nitrogens with zero attached hydrogens (tertiary/aromatic N) is 3. The summed E-state index contributed by atoms with van der Waals surface area (Å²) in [5, 5.41) is 4.27. The molecule has 0 atom stereocenters. The molecular weight excluding hydrogens is 252 g/mol. The van der Waals surface area contributed by atoms with Gasteiger partial charge in [0.05, 0.1) is 12.4 Å². The summed E-state index contributed by atoms with van der Waals surface area (Å²) in [6.45, 7) is 4.60. The maximum atomic E-state index is 5.88. The summed E-state index contributed by atoms with van der Waals surface area (Å²) in [6, 6.07) is 2.45. The van der Waals surface area contributed by atoms with Gasteiger partial charge in [0, 0.05) is 23.8 Å². The van der Waals surface area contributed by atoms with Crippen LogP contribution in [0.4, 0.5) is 0 Å². The molecule has 0 bridgehead atoms. The van der Waals surface area contributed by atoms with E-state index in [1.54, 1.807) is 6.20 Å². The summed E-state index contributed by atoms with van der Waals surface area (Å²) in [5.74, 6) is 1.33. The van der Waals surface area contributed by atoms with Crippen molar-refractivity contribution in [3.05, 3.63) is 35.3 Å². The molecule has 3 rings (SSSR count). The molecule has 1 aliphatic carbocycles. The number of ether oxygens (including phenoxy) is 1. The minimum Gasteiger partial charge on any atom is -0.435 e.